The summed E-state index contributed by atoms with van der Waals surface area (Å²) in [6.45, 7) is 2.12. The number of aliphatic carboxylic acids is 1. The van der Waals surface area contributed by atoms with Crippen molar-refractivity contribution in [3.63, 3.8) is 0 Å². The van der Waals surface area contributed by atoms with E-state index in [1.54, 1.807) is 19.3 Å². The predicted octanol–water partition coefficient (Wildman–Crippen LogP) is 2.81. The first-order valence-electron chi connectivity index (χ1n) is 6.59. The number of carboxylic acid groups (broad SMARTS) is 1. The van der Waals surface area contributed by atoms with Crippen LogP contribution in [0.15, 0.2) is 48.8 Å². The number of carbonyl (C=O) groups is 1. The van der Waals surface area contributed by atoms with Gasteiger partial charge in [-0.15, -0.1) is 0 Å². The Balaban J connectivity index is 1.91. The molecule has 0 saturated carbocycles. The Morgan fingerprint density at radius 1 is 1.15 bits per heavy atom. The number of pyridine rings is 1. The maximum atomic E-state index is 10.7. The predicted molar refractivity (Wildman–Crippen MR) is 78.8 cm³/mol. The van der Waals surface area contributed by atoms with Crippen molar-refractivity contribution in [2.45, 2.75) is 13.3 Å². The Morgan fingerprint density at radius 2 is 1.75 bits per heavy atom. The van der Waals surface area contributed by atoms with Gasteiger partial charge in [-0.2, -0.15) is 0 Å². The third-order valence-corrected chi connectivity index (χ3v) is 3.15. The standard InChI is InChI=1S/C16H18N2O2/c1-12(16(19)20)11-18-15-4-2-13(3-5-15)10-14-6-8-17-9-7-14/h2-9,12,18H,10-11H2,1H3,(H,19,20). The molecule has 4 nitrogen and oxygen atoms in total. The minimum Gasteiger partial charge on any atom is -0.481 e. The van der Waals surface area contributed by atoms with Crippen LogP contribution < -0.4 is 5.32 Å². The van der Waals surface area contributed by atoms with Gasteiger partial charge in [0.15, 0.2) is 0 Å². The first-order chi connectivity index (χ1) is 9.65. The van der Waals surface area contributed by atoms with Crippen LogP contribution in [0.3, 0.4) is 0 Å². The number of nitrogens with one attached hydrogen (secondary N) is 1. The second-order valence-electron chi connectivity index (χ2n) is 4.85. The number of hydrogen-bond acceptors (Lipinski definition) is 3. The largest absolute Gasteiger partial charge is 0.481 e. The van der Waals surface area contributed by atoms with Gasteiger partial charge in [0.05, 0.1) is 5.92 Å². The Hall–Kier alpha value is -2.36. The van der Waals surface area contributed by atoms with Crippen molar-refractivity contribution in [1.29, 1.82) is 0 Å². The van der Waals surface area contributed by atoms with Crippen LogP contribution in [0.2, 0.25) is 0 Å². The molecule has 0 radical (unpaired) electrons. The zero-order valence-electron chi connectivity index (χ0n) is 11.4. The fourth-order valence-electron chi connectivity index (χ4n) is 1.84. The number of carboxylic acids is 1. The maximum absolute atomic E-state index is 10.7. The fraction of sp³-hybridized carbons (Fsp3) is 0.250. The van der Waals surface area contributed by atoms with E-state index in [2.05, 4.69) is 10.3 Å². The van der Waals surface area contributed by atoms with Crippen molar-refractivity contribution in [2.24, 2.45) is 5.92 Å². The first kappa shape index (κ1) is 14.1. The molecule has 4 heteroatoms. The van der Waals surface area contributed by atoms with Crippen molar-refractivity contribution in [2.75, 3.05) is 11.9 Å². The second-order valence-corrected chi connectivity index (χ2v) is 4.85. The molecule has 2 N–H and O–H groups in total. The molecular weight excluding hydrogens is 252 g/mol. The molecule has 0 aliphatic heterocycles. The Bertz CT molecular complexity index is 552. The minimum atomic E-state index is -0.785. The highest BCUT2D eigenvalue weighted by atomic mass is 16.4. The summed E-state index contributed by atoms with van der Waals surface area (Å²) in [6.07, 6.45) is 4.45. The third-order valence-electron chi connectivity index (χ3n) is 3.15. The van der Waals surface area contributed by atoms with Crippen LogP contribution in [0.4, 0.5) is 5.69 Å². The fourth-order valence-corrected chi connectivity index (χ4v) is 1.84. The van der Waals surface area contributed by atoms with E-state index in [0.29, 0.717) is 6.54 Å². The van der Waals surface area contributed by atoms with Gasteiger partial charge in [0.25, 0.3) is 0 Å². The lowest BCUT2D eigenvalue weighted by Crippen LogP contribution is -2.19. The van der Waals surface area contributed by atoms with E-state index in [1.165, 1.54) is 11.1 Å². The number of nitrogens with zero attached hydrogens (tertiary/aromatic N) is 1. The summed E-state index contributed by atoms with van der Waals surface area (Å²) in [5.41, 5.74) is 3.38. The Kier molecular flexibility index (Phi) is 4.71. The third kappa shape index (κ3) is 4.09. The summed E-state index contributed by atoms with van der Waals surface area (Å²) >= 11 is 0. The molecule has 0 aliphatic rings. The summed E-state index contributed by atoms with van der Waals surface area (Å²) in [5, 5.41) is 11.9. The maximum Gasteiger partial charge on any atom is 0.308 e. The van der Waals surface area contributed by atoms with E-state index in [4.69, 9.17) is 5.11 Å². The Labute approximate surface area is 118 Å². The van der Waals surface area contributed by atoms with Crippen LogP contribution in [0.5, 0.6) is 0 Å². The van der Waals surface area contributed by atoms with E-state index < -0.39 is 11.9 Å². The molecule has 2 aromatic rings. The van der Waals surface area contributed by atoms with Gasteiger partial charge in [0.2, 0.25) is 0 Å². The van der Waals surface area contributed by atoms with E-state index in [0.717, 1.165) is 12.1 Å². The van der Waals surface area contributed by atoms with Crippen LogP contribution >= 0.6 is 0 Å². The molecule has 0 spiro atoms. The topological polar surface area (TPSA) is 62.2 Å². The van der Waals surface area contributed by atoms with Gasteiger partial charge < -0.3 is 10.4 Å². The normalized spacial score (nSPS) is 11.8. The monoisotopic (exact) mass is 270 g/mol. The lowest BCUT2D eigenvalue weighted by Gasteiger charge is -2.10. The van der Waals surface area contributed by atoms with Crippen LogP contribution in [0.25, 0.3) is 0 Å². The molecule has 1 aromatic carbocycles. The highest BCUT2D eigenvalue weighted by Gasteiger charge is 2.09. The lowest BCUT2D eigenvalue weighted by atomic mass is 10.1. The first-order valence-corrected chi connectivity index (χ1v) is 6.59. The molecule has 1 unspecified atom stereocenters. The molecular formula is C16H18N2O2. The molecule has 1 heterocycles. The zero-order chi connectivity index (χ0) is 14.4. The second kappa shape index (κ2) is 6.70. The average molecular weight is 270 g/mol. The zero-order valence-corrected chi connectivity index (χ0v) is 11.4. The summed E-state index contributed by atoms with van der Waals surface area (Å²) in [7, 11) is 0. The van der Waals surface area contributed by atoms with Crippen molar-refractivity contribution < 1.29 is 9.90 Å². The summed E-state index contributed by atoms with van der Waals surface area (Å²) in [4.78, 5) is 14.7. The SMILES string of the molecule is CC(CNc1ccc(Cc2ccncc2)cc1)C(=O)O. The van der Waals surface area contributed by atoms with Crippen molar-refractivity contribution in [3.8, 4) is 0 Å². The molecule has 1 aromatic heterocycles. The lowest BCUT2D eigenvalue weighted by molar-refractivity contribution is -0.140. The van der Waals surface area contributed by atoms with Gasteiger partial charge in [0, 0.05) is 24.6 Å². The molecule has 0 aliphatic carbocycles. The summed E-state index contributed by atoms with van der Waals surface area (Å²) in [6, 6.07) is 12.1. The number of aromatic nitrogens is 1. The molecule has 0 fully saturated rings. The summed E-state index contributed by atoms with van der Waals surface area (Å²) < 4.78 is 0. The van der Waals surface area contributed by atoms with Crippen LogP contribution in [0, 0.1) is 5.92 Å². The minimum absolute atomic E-state index is 0.397. The highest BCUT2D eigenvalue weighted by Crippen LogP contribution is 2.13. The van der Waals surface area contributed by atoms with Crippen LogP contribution in [-0.2, 0) is 11.2 Å². The molecule has 20 heavy (non-hydrogen) atoms. The quantitative estimate of drug-likeness (QED) is 0.847. The molecule has 104 valence electrons. The van der Waals surface area contributed by atoms with Crippen molar-refractivity contribution in [1.82, 2.24) is 4.98 Å². The van der Waals surface area contributed by atoms with E-state index in [1.807, 2.05) is 36.4 Å². The van der Waals surface area contributed by atoms with E-state index in [-0.39, 0.29) is 0 Å². The molecule has 2 rings (SSSR count). The smallest absolute Gasteiger partial charge is 0.308 e. The number of hydrogen-bond donors (Lipinski definition) is 2. The van der Waals surface area contributed by atoms with Crippen LogP contribution in [-0.4, -0.2) is 22.6 Å². The van der Waals surface area contributed by atoms with Crippen molar-refractivity contribution >= 4 is 11.7 Å². The van der Waals surface area contributed by atoms with Crippen LogP contribution in [0.1, 0.15) is 18.1 Å². The molecule has 0 saturated heterocycles. The highest BCUT2D eigenvalue weighted by molar-refractivity contribution is 5.70. The average Bonchev–Trinajstić information content (AvgIpc) is 2.47. The van der Waals surface area contributed by atoms with Gasteiger partial charge in [-0.1, -0.05) is 19.1 Å². The van der Waals surface area contributed by atoms with Gasteiger partial charge in [-0.25, -0.2) is 0 Å². The Morgan fingerprint density at radius 3 is 2.35 bits per heavy atom. The number of anilines is 1. The van der Waals surface area contributed by atoms with Gasteiger partial charge in [-0.05, 0) is 41.8 Å². The summed E-state index contributed by atoms with van der Waals surface area (Å²) in [5.74, 6) is -1.18. The van der Waals surface area contributed by atoms with Crippen molar-refractivity contribution in [3.05, 3.63) is 59.9 Å². The molecule has 1 atom stereocenters. The van der Waals surface area contributed by atoms with Gasteiger partial charge >= 0.3 is 5.97 Å². The van der Waals surface area contributed by atoms with Gasteiger partial charge in [0.1, 0.15) is 0 Å². The number of rotatable bonds is 6. The molecule has 0 bridgehead atoms. The van der Waals surface area contributed by atoms with Gasteiger partial charge in [-0.3, -0.25) is 9.78 Å². The number of benzene rings is 1. The van der Waals surface area contributed by atoms with E-state index >= 15 is 0 Å². The molecule has 0 amide bonds. The van der Waals surface area contributed by atoms with E-state index in [9.17, 15) is 4.79 Å².